The molecule has 1 atom stereocenters. The number of rotatable bonds is 8. The molecule has 23 heavy (non-hydrogen) atoms. The number of aliphatic hydroxyl groups is 1. The van der Waals surface area contributed by atoms with Crippen molar-refractivity contribution in [2.75, 3.05) is 32.7 Å². The third kappa shape index (κ3) is 10.5. The van der Waals surface area contributed by atoms with Crippen LogP contribution >= 0.6 is 0 Å². The molecule has 0 aromatic carbocycles. The molecule has 6 heteroatoms. The van der Waals surface area contributed by atoms with Crippen molar-refractivity contribution in [2.45, 2.75) is 71.1 Å². The quantitative estimate of drug-likeness (QED) is 0.591. The number of hydrogen-bond donors (Lipinski definition) is 3. The van der Waals surface area contributed by atoms with Crippen LogP contribution in [0.4, 0.5) is 4.79 Å². The number of amides is 1. The Morgan fingerprint density at radius 3 is 2.52 bits per heavy atom. The second-order valence-corrected chi connectivity index (χ2v) is 7.49. The molecule has 0 radical (unpaired) electrons. The van der Waals surface area contributed by atoms with Crippen molar-refractivity contribution in [3.8, 4) is 0 Å². The monoisotopic (exact) mass is 329 g/mol. The molecule has 136 valence electrons. The van der Waals surface area contributed by atoms with E-state index in [2.05, 4.69) is 15.5 Å². The second-order valence-electron chi connectivity index (χ2n) is 7.49. The number of likely N-dealkylation sites (tertiary alicyclic amines) is 1. The molecule has 1 fully saturated rings. The lowest BCUT2D eigenvalue weighted by Crippen LogP contribution is -2.45. The van der Waals surface area contributed by atoms with E-state index in [0.717, 1.165) is 51.9 Å². The molecule has 0 saturated carbocycles. The van der Waals surface area contributed by atoms with Crippen molar-refractivity contribution in [1.82, 2.24) is 15.5 Å². The maximum absolute atomic E-state index is 11.6. The van der Waals surface area contributed by atoms with Crippen LogP contribution in [0.1, 0.15) is 53.4 Å². The molecule has 0 spiro atoms. The lowest BCUT2D eigenvalue weighted by molar-refractivity contribution is 0.0519. The van der Waals surface area contributed by atoms with Gasteiger partial charge in [0.25, 0.3) is 0 Å². The van der Waals surface area contributed by atoms with E-state index in [9.17, 15) is 9.90 Å². The van der Waals surface area contributed by atoms with Gasteiger partial charge in [0.1, 0.15) is 5.60 Å². The summed E-state index contributed by atoms with van der Waals surface area (Å²) in [7, 11) is 0. The number of carbonyl (C=O) groups excluding carboxylic acids is 1. The zero-order chi connectivity index (χ0) is 17.3. The molecule has 1 rings (SSSR count). The van der Waals surface area contributed by atoms with E-state index in [1.165, 1.54) is 0 Å². The van der Waals surface area contributed by atoms with Crippen LogP contribution < -0.4 is 10.6 Å². The van der Waals surface area contributed by atoms with Gasteiger partial charge in [0, 0.05) is 19.1 Å². The average Bonchev–Trinajstić information content (AvgIpc) is 2.43. The topological polar surface area (TPSA) is 73.8 Å². The third-order valence-corrected chi connectivity index (χ3v) is 3.92. The zero-order valence-corrected chi connectivity index (χ0v) is 15.2. The highest BCUT2D eigenvalue weighted by Crippen LogP contribution is 2.10. The minimum Gasteiger partial charge on any atom is -0.444 e. The van der Waals surface area contributed by atoms with E-state index < -0.39 is 5.60 Å². The van der Waals surface area contributed by atoms with Crippen molar-refractivity contribution in [1.29, 1.82) is 0 Å². The third-order valence-electron chi connectivity index (χ3n) is 3.92. The number of aliphatic hydroxyl groups excluding tert-OH is 1. The molecule has 1 aliphatic heterocycles. The predicted octanol–water partition coefficient (Wildman–Crippen LogP) is 1.73. The number of ether oxygens (including phenoxy) is 1. The van der Waals surface area contributed by atoms with Gasteiger partial charge in [-0.2, -0.15) is 0 Å². The Morgan fingerprint density at radius 1 is 1.30 bits per heavy atom. The molecule has 1 saturated heterocycles. The number of alkyl carbamates (subject to hydrolysis) is 1. The molecule has 0 aromatic heterocycles. The van der Waals surface area contributed by atoms with Gasteiger partial charge >= 0.3 is 6.09 Å². The average molecular weight is 329 g/mol. The summed E-state index contributed by atoms with van der Waals surface area (Å²) in [5.41, 5.74) is -0.443. The van der Waals surface area contributed by atoms with Gasteiger partial charge in [-0.15, -0.1) is 0 Å². The second kappa shape index (κ2) is 10.1. The highest BCUT2D eigenvalue weighted by Gasteiger charge is 2.19. The van der Waals surface area contributed by atoms with Gasteiger partial charge in [0.15, 0.2) is 0 Å². The summed E-state index contributed by atoms with van der Waals surface area (Å²) in [6, 6.07) is 0.582. The lowest BCUT2D eigenvalue weighted by Gasteiger charge is -2.32. The van der Waals surface area contributed by atoms with E-state index in [0.29, 0.717) is 12.6 Å². The van der Waals surface area contributed by atoms with E-state index in [-0.39, 0.29) is 12.2 Å². The van der Waals surface area contributed by atoms with Crippen LogP contribution in [0, 0.1) is 0 Å². The molecule has 0 aromatic rings. The normalized spacial score (nSPS) is 18.7. The lowest BCUT2D eigenvalue weighted by atomic mass is 10.0. The maximum Gasteiger partial charge on any atom is 0.407 e. The van der Waals surface area contributed by atoms with Gasteiger partial charge in [-0.3, -0.25) is 0 Å². The van der Waals surface area contributed by atoms with Crippen molar-refractivity contribution in [2.24, 2.45) is 0 Å². The zero-order valence-electron chi connectivity index (χ0n) is 15.2. The van der Waals surface area contributed by atoms with Gasteiger partial charge in [0.2, 0.25) is 0 Å². The fraction of sp³-hybridized carbons (Fsp3) is 0.941. The van der Waals surface area contributed by atoms with Crippen molar-refractivity contribution < 1.29 is 14.6 Å². The number of nitrogens with one attached hydrogen (secondary N) is 2. The van der Waals surface area contributed by atoms with Crippen LogP contribution in [0.5, 0.6) is 0 Å². The molecule has 3 N–H and O–H groups in total. The summed E-state index contributed by atoms with van der Waals surface area (Å²) < 4.78 is 5.22. The van der Waals surface area contributed by atoms with E-state index >= 15 is 0 Å². The van der Waals surface area contributed by atoms with E-state index in [1.54, 1.807) is 0 Å². The van der Waals surface area contributed by atoms with Crippen LogP contribution in [0.3, 0.4) is 0 Å². The largest absolute Gasteiger partial charge is 0.444 e. The van der Waals surface area contributed by atoms with Gasteiger partial charge in [-0.25, -0.2) is 4.79 Å². The van der Waals surface area contributed by atoms with Crippen molar-refractivity contribution >= 4 is 6.09 Å². The SMILES string of the molecule is CC(O)CCCNC1CCN(CCNC(=O)OC(C)(C)C)CC1. The first-order valence-electron chi connectivity index (χ1n) is 8.87. The number of carbonyl (C=O) groups is 1. The predicted molar refractivity (Wildman–Crippen MR) is 92.6 cm³/mol. The molecular weight excluding hydrogens is 294 g/mol. The van der Waals surface area contributed by atoms with Crippen LogP contribution in [0.25, 0.3) is 0 Å². The van der Waals surface area contributed by atoms with Gasteiger partial charge < -0.3 is 25.4 Å². The molecule has 1 heterocycles. The van der Waals surface area contributed by atoms with Gasteiger partial charge in [0.05, 0.1) is 6.10 Å². The summed E-state index contributed by atoms with van der Waals surface area (Å²) in [6.07, 6.45) is 3.63. The summed E-state index contributed by atoms with van der Waals surface area (Å²) in [6.45, 7) is 12.0. The summed E-state index contributed by atoms with van der Waals surface area (Å²) in [5.74, 6) is 0. The summed E-state index contributed by atoms with van der Waals surface area (Å²) in [4.78, 5) is 13.9. The number of piperidine rings is 1. The Kier molecular flexibility index (Phi) is 8.87. The first-order valence-corrected chi connectivity index (χ1v) is 8.87. The highest BCUT2D eigenvalue weighted by atomic mass is 16.6. The molecule has 1 unspecified atom stereocenters. The van der Waals surface area contributed by atoms with Crippen molar-refractivity contribution in [3.63, 3.8) is 0 Å². The smallest absolute Gasteiger partial charge is 0.407 e. The minimum absolute atomic E-state index is 0.198. The highest BCUT2D eigenvalue weighted by molar-refractivity contribution is 5.67. The van der Waals surface area contributed by atoms with E-state index in [1.807, 2.05) is 27.7 Å². The molecule has 0 aliphatic carbocycles. The molecule has 1 aliphatic rings. The molecular formula is C17H35N3O3. The van der Waals surface area contributed by atoms with Gasteiger partial charge in [-0.05, 0) is 73.0 Å². The fourth-order valence-electron chi connectivity index (χ4n) is 2.69. The first kappa shape index (κ1) is 20.2. The number of nitrogens with zero attached hydrogens (tertiary/aromatic N) is 1. The maximum atomic E-state index is 11.6. The van der Waals surface area contributed by atoms with Gasteiger partial charge in [-0.1, -0.05) is 0 Å². The molecule has 0 bridgehead atoms. The molecule has 1 amide bonds. The first-order chi connectivity index (χ1) is 10.8. The summed E-state index contributed by atoms with van der Waals surface area (Å²) >= 11 is 0. The van der Waals surface area contributed by atoms with E-state index in [4.69, 9.17) is 4.74 Å². The standard InChI is InChI=1S/C17H35N3O3/c1-14(21)6-5-9-18-15-7-11-20(12-8-15)13-10-19-16(22)23-17(2,3)4/h14-15,18,21H,5-13H2,1-4H3,(H,19,22). The minimum atomic E-state index is -0.443. The van der Waals surface area contributed by atoms with Crippen LogP contribution in [0.2, 0.25) is 0 Å². The molecule has 6 nitrogen and oxygen atoms in total. The Hall–Kier alpha value is -0.850. The van der Waals surface area contributed by atoms with Crippen LogP contribution in [0.15, 0.2) is 0 Å². The Balaban J connectivity index is 2.04. The summed E-state index contributed by atoms with van der Waals surface area (Å²) in [5, 5.41) is 15.6. The van der Waals surface area contributed by atoms with Crippen LogP contribution in [-0.4, -0.2) is 66.6 Å². The fourth-order valence-corrected chi connectivity index (χ4v) is 2.69. The Morgan fingerprint density at radius 2 is 1.96 bits per heavy atom. The Bertz CT molecular complexity index is 334. The van der Waals surface area contributed by atoms with Crippen LogP contribution in [-0.2, 0) is 4.74 Å². The van der Waals surface area contributed by atoms with Crippen molar-refractivity contribution in [3.05, 3.63) is 0 Å². The Labute approximate surface area is 141 Å². The number of hydrogen-bond acceptors (Lipinski definition) is 5.